The van der Waals surface area contributed by atoms with E-state index in [2.05, 4.69) is 9.71 Å². The van der Waals surface area contributed by atoms with Gasteiger partial charge in [0.1, 0.15) is 23.0 Å². The minimum absolute atomic E-state index is 0.00419. The van der Waals surface area contributed by atoms with E-state index in [9.17, 15) is 17.2 Å². The predicted molar refractivity (Wildman–Crippen MR) is 110 cm³/mol. The third-order valence-corrected chi connectivity index (χ3v) is 5.65. The van der Waals surface area contributed by atoms with Crippen LogP contribution in [0.2, 0.25) is 0 Å². The summed E-state index contributed by atoms with van der Waals surface area (Å²) in [5, 5.41) is 0. The second-order valence-corrected chi connectivity index (χ2v) is 8.37. The van der Waals surface area contributed by atoms with Gasteiger partial charge < -0.3 is 9.14 Å². The molecule has 0 amide bonds. The van der Waals surface area contributed by atoms with Crippen LogP contribution in [-0.2, 0) is 15.8 Å². The number of fused-ring (bicyclic) bond motifs is 1. The molecular weight excluding hydrogens is 412 g/mol. The molecule has 154 valence electrons. The number of sulfonamides is 1. The van der Waals surface area contributed by atoms with Gasteiger partial charge in [-0.15, -0.1) is 0 Å². The molecule has 0 bridgehead atoms. The number of methoxy groups -OCH3 is 1. The molecule has 2 aromatic heterocycles. The summed E-state index contributed by atoms with van der Waals surface area (Å²) in [5.74, 6) is -1.97. The molecule has 0 spiro atoms. The zero-order valence-corrected chi connectivity index (χ0v) is 16.7. The Bertz CT molecular complexity index is 1280. The number of hydrogen-bond acceptors (Lipinski definition) is 4. The quantitative estimate of drug-likeness (QED) is 0.498. The van der Waals surface area contributed by atoms with Crippen LogP contribution in [-0.4, -0.2) is 24.9 Å². The van der Waals surface area contributed by atoms with Crippen LogP contribution >= 0.6 is 0 Å². The molecule has 6 nitrogen and oxygen atoms in total. The summed E-state index contributed by atoms with van der Waals surface area (Å²) < 4.78 is 61.6. The number of nitrogens with one attached hydrogen (secondary N) is 1. The molecule has 4 aromatic rings. The van der Waals surface area contributed by atoms with Crippen LogP contribution in [0, 0.1) is 11.6 Å². The van der Waals surface area contributed by atoms with E-state index >= 15 is 0 Å². The number of ether oxygens (including phenoxy) is 1. The number of halogens is 2. The first-order valence-electron chi connectivity index (χ1n) is 8.90. The highest BCUT2D eigenvalue weighted by molar-refractivity contribution is 7.91. The van der Waals surface area contributed by atoms with Crippen LogP contribution in [0.5, 0.6) is 5.75 Å². The number of nitrogens with zero attached hydrogens (tertiary/aromatic N) is 2. The first-order chi connectivity index (χ1) is 14.3. The van der Waals surface area contributed by atoms with Crippen molar-refractivity contribution >= 4 is 21.4 Å². The lowest BCUT2D eigenvalue weighted by Gasteiger charge is -2.13. The van der Waals surface area contributed by atoms with Gasteiger partial charge in [-0.25, -0.2) is 22.2 Å². The summed E-state index contributed by atoms with van der Waals surface area (Å²) >= 11 is 0. The molecule has 0 unspecified atom stereocenters. The number of hydrogen-bond donors (Lipinski definition) is 1. The summed E-state index contributed by atoms with van der Waals surface area (Å²) in [6.07, 6.45) is 3.68. The first-order valence-corrected chi connectivity index (χ1v) is 10.6. The lowest BCUT2D eigenvalue weighted by Crippen LogP contribution is -2.16. The molecule has 4 rings (SSSR count). The lowest BCUT2D eigenvalue weighted by atomic mass is 10.1. The highest BCUT2D eigenvalue weighted by atomic mass is 32.2. The smallest absolute Gasteiger partial charge is 0.237 e. The molecule has 2 heterocycles. The Labute approximate surface area is 171 Å². The Morgan fingerprint density at radius 2 is 1.83 bits per heavy atom. The Kier molecular flexibility index (Phi) is 5.13. The Morgan fingerprint density at radius 1 is 1.07 bits per heavy atom. The highest BCUT2D eigenvalue weighted by Gasteiger charge is 2.17. The standard InChI is InChI=1S/C21H17F2N3O3S/c1-29-20-6-5-15(19-12-26-7-3-2-4-21(26)24-19)10-18(20)25-30(27,28)13-14-8-16(22)11-17(23)9-14/h2-12,25H,13H2,1H3. The molecular formula is C21H17F2N3O3S. The van der Waals surface area contributed by atoms with Crippen LogP contribution < -0.4 is 9.46 Å². The van der Waals surface area contributed by atoms with E-state index in [-0.39, 0.29) is 11.3 Å². The van der Waals surface area contributed by atoms with Crippen LogP contribution in [0.3, 0.4) is 0 Å². The Balaban J connectivity index is 1.66. The number of benzene rings is 2. The van der Waals surface area contributed by atoms with E-state index in [1.807, 2.05) is 35.0 Å². The maximum Gasteiger partial charge on any atom is 0.237 e. The molecule has 0 radical (unpaired) electrons. The predicted octanol–water partition coefficient (Wildman–Crippen LogP) is 4.23. The molecule has 0 saturated heterocycles. The number of rotatable bonds is 6. The first kappa shape index (κ1) is 19.8. The van der Waals surface area contributed by atoms with Gasteiger partial charge in [-0.05, 0) is 48.0 Å². The van der Waals surface area contributed by atoms with Crippen molar-refractivity contribution < 1.29 is 21.9 Å². The molecule has 0 fully saturated rings. The van der Waals surface area contributed by atoms with Crippen LogP contribution in [0.15, 0.2) is 67.0 Å². The van der Waals surface area contributed by atoms with Crippen molar-refractivity contribution in [1.29, 1.82) is 0 Å². The van der Waals surface area contributed by atoms with E-state index in [1.54, 1.807) is 18.2 Å². The van der Waals surface area contributed by atoms with E-state index in [0.717, 1.165) is 17.8 Å². The van der Waals surface area contributed by atoms with Crippen molar-refractivity contribution in [2.24, 2.45) is 0 Å². The zero-order chi connectivity index (χ0) is 21.3. The van der Waals surface area contributed by atoms with E-state index in [1.165, 1.54) is 7.11 Å². The molecule has 0 aliphatic heterocycles. The number of anilines is 1. The molecule has 9 heteroatoms. The third kappa shape index (κ3) is 4.25. The fourth-order valence-corrected chi connectivity index (χ4v) is 4.31. The monoisotopic (exact) mass is 429 g/mol. The fraction of sp³-hybridized carbons (Fsp3) is 0.0952. The van der Waals surface area contributed by atoms with Crippen molar-refractivity contribution in [3.63, 3.8) is 0 Å². The molecule has 30 heavy (non-hydrogen) atoms. The van der Waals surface area contributed by atoms with Gasteiger partial charge in [0, 0.05) is 24.0 Å². The Morgan fingerprint density at radius 3 is 2.53 bits per heavy atom. The van der Waals surface area contributed by atoms with Crippen LogP contribution in [0.4, 0.5) is 14.5 Å². The minimum Gasteiger partial charge on any atom is -0.495 e. The minimum atomic E-state index is -3.97. The molecule has 2 aromatic carbocycles. The Hall–Kier alpha value is -3.46. The SMILES string of the molecule is COc1ccc(-c2cn3ccccc3n2)cc1NS(=O)(=O)Cc1cc(F)cc(F)c1. The number of aromatic nitrogens is 2. The lowest BCUT2D eigenvalue weighted by molar-refractivity contribution is 0.417. The molecule has 1 N–H and O–H groups in total. The second kappa shape index (κ2) is 7.75. The van der Waals surface area contributed by atoms with E-state index < -0.39 is 27.4 Å². The maximum absolute atomic E-state index is 13.4. The largest absolute Gasteiger partial charge is 0.495 e. The fourth-order valence-electron chi connectivity index (χ4n) is 3.14. The van der Waals surface area contributed by atoms with E-state index in [4.69, 9.17) is 4.74 Å². The van der Waals surface area contributed by atoms with Gasteiger partial charge in [0.15, 0.2) is 0 Å². The van der Waals surface area contributed by atoms with Gasteiger partial charge in [0.2, 0.25) is 10.0 Å². The average Bonchev–Trinajstić information content (AvgIpc) is 3.10. The van der Waals surface area contributed by atoms with Crippen LogP contribution in [0.25, 0.3) is 16.9 Å². The van der Waals surface area contributed by atoms with Gasteiger partial charge in [0.25, 0.3) is 0 Å². The van der Waals surface area contributed by atoms with Crippen molar-refractivity contribution in [2.45, 2.75) is 5.75 Å². The van der Waals surface area contributed by atoms with E-state index in [0.29, 0.717) is 23.1 Å². The summed E-state index contributed by atoms with van der Waals surface area (Å²) in [7, 11) is -2.55. The van der Waals surface area contributed by atoms with Crippen LogP contribution in [0.1, 0.15) is 5.56 Å². The third-order valence-electron chi connectivity index (χ3n) is 4.40. The summed E-state index contributed by atoms with van der Waals surface area (Å²) in [6.45, 7) is 0. The summed E-state index contributed by atoms with van der Waals surface area (Å²) in [5.41, 5.74) is 2.27. The molecule has 0 atom stereocenters. The average molecular weight is 429 g/mol. The highest BCUT2D eigenvalue weighted by Crippen LogP contribution is 2.31. The summed E-state index contributed by atoms with van der Waals surface area (Å²) in [6, 6.07) is 13.2. The van der Waals surface area contributed by atoms with Crippen molar-refractivity contribution in [3.8, 4) is 17.0 Å². The van der Waals surface area contributed by atoms with Gasteiger partial charge in [0.05, 0.1) is 24.2 Å². The number of imidazole rings is 1. The normalized spacial score (nSPS) is 11.6. The van der Waals surface area contributed by atoms with Gasteiger partial charge >= 0.3 is 0 Å². The molecule has 0 aliphatic rings. The van der Waals surface area contributed by atoms with Gasteiger partial charge in [-0.1, -0.05) is 6.07 Å². The van der Waals surface area contributed by atoms with Crippen molar-refractivity contribution in [2.75, 3.05) is 11.8 Å². The van der Waals surface area contributed by atoms with Gasteiger partial charge in [-0.3, -0.25) is 4.72 Å². The maximum atomic E-state index is 13.4. The zero-order valence-electron chi connectivity index (χ0n) is 15.8. The van der Waals surface area contributed by atoms with Gasteiger partial charge in [-0.2, -0.15) is 0 Å². The number of pyridine rings is 1. The molecule has 0 saturated carbocycles. The van der Waals surface area contributed by atoms with Crippen molar-refractivity contribution in [1.82, 2.24) is 9.38 Å². The van der Waals surface area contributed by atoms with Crippen molar-refractivity contribution in [3.05, 3.63) is 84.2 Å². The topological polar surface area (TPSA) is 72.7 Å². The second-order valence-electron chi connectivity index (χ2n) is 6.65. The molecule has 0 aliphatic carbocycles. The summed E-state index contributed by atoms with van der Waals surface area (Å²) in [4.78, 5) is 4.52.